The monoisotopic (exact) mass is 326 g/mol. The molecule has 0 spiro atoms. The van der Waals surface area contributed by atoms with Crippen LogP contribution >= 0.6 is 0 Å². The Hall–Kier alpha value is -1.18. The Balaban J connectivity index is 1.63. The second-order valence-corrected chi connectivity index (χ2v) is 7.40. The Bertz CT molecular complexity index is 471. The lowest BCUT2D eigenvalue weighted by Gasteiger charge is -2.47. The van der Waals surface area contributed by atoms with E-state index >= 15 is 0 Å². The van der Waals surface area contributed by atoms with Gasteiger partial charge in [-0.1, -0.05) is 0 Å². The third-order valence-electron chi connectivity index (χ3n) is 5.90. The van der Waals surface area contributed by atoms with Crippen molar-refractivity contribution >= 4 is 11.9 Å². The first kappa shape index (κ1) is 16.7. The van der Waals surface area contributed by atoms with E-state index < -0.39 is 30.0 Å². The zero-order chi connectivity index (χ0) is 16.6. The number of nitrogens with zero attached hydrogens (tertiary/aromatic N) is 1. The maximum absolute atomic E-state index is 11.3. The van der Waals surface area contributed by atoms with Gasteiger partial charge in [-0.05, 0) is 50.5 Å². The number of hydrogen-bond donors (Lipinski definition) is 4. The third-order valence-corrected chi connectivity index (χ3v) is 5.90. The van der Waals surface area contributed by atoms with Gasteiger partial charge in [0.15, 0.2) is 0 Å². The molecule has 1 saturated carbocycles. The highest BCUT2D eigenvalue weighted by molar-refractivity contribution is 5.73. The van der Waals surface area contributed by atoms with Crippen LogP contribution in [0.1, 0.15) is 32.1 Å². The van der Waals surface area contributed by atoms with Gasteiger partial charge in [0.25, 0.3) is 0 Å². The van der Waals surface area contributed by atoms with Gasteiger partial charge >= 0.3 is 11.9 Å². The first-order valence-electron chi connectivity index (χ1n) is 8.55. The average Bonchev–Trinajstić information content (AvgIpc) is 2.53. The first-order valence-corrected chi connectivity index (χ1v) is 8.55. The number of β-amino-alcohol motifs (C(OH)–C–C–N with tert-alkyl or cyclic N) is 1. The van der Waals surface area contributed by atoms with Gasteiger partial charge in [0.1, 0.15) is 6.04 Å². The van der Waals surface area contributed by atoms with Crippen LogP contribution in [0, 0.1) is 17.8 Å². The summed E-state index contributed by atoms with van der Waals surface area (Å²) in [5.74, 6) is -1.23. The van der Waals surface area contributed by atoms with Crippen molar-refractivity contribution in [2.24, 2.45) is 17.8 Å². The van der Waals surface area contributed by atoms with Crippen molar-refractivity contribution in [2.75, 3.05) is 19.6 Å². The normalized spacial score (nSPS) is 42.0. The summed E-state index contributed by atoms with van der Waals surface area (Å²) in [4.78, 5) is 24.6. The van der Waals surface area contributed by atoms with Gasteiger partial charge in [0, 0.05) is 19.1 Å². The highest BCUT2D eigenvalue weighted by Crippen LogP contribution is 2.38. The molecule has 3 fully saturated rings. The summed E-state index contributed by atoms with van der Waals surface area (Å²) in [6.07, 6.45) is 3.35. The highest BCUT2D eigenvalue weighted by atomic mass is 16.4. The number of likely N-dealkylation sites (tertiary alicyclic amines) is 1. The van der Waals surface area contributed by atoms with Gasteiger partial charge in [-0.2, -0.15) is 0 Å². The summed E-state index contributed by atoms with van der Waals surface area (Å²) < 4.78 is 0. The quantitative estimate of drug-likeness (QED) is 0.577. The lowest BCUT2D eigenvalue weighted by molar-refractivity contribution is -0.147. The zero-order valence-corrected chi connectivity index (χ0v) is 13.2. The van der Waals surface area contributed by atoms with Crippen LogP contribution in [0.3, 0.4) is 0 Å². The van der Waals surface area contributed by atoms with Crippen LogP contribution in [-0.4, -0.2) is 70.0 Å². The van der Waals surface area contributed by atoms with E-state index in [1.807, 2.05) is 0 Å². The molecule has 130 valence electrons. The molecule has 2 heterocycles. The van der Waals surface area contributed by atoms with Crippen molar-refractivity contribution in [3.63, 3.8) is 0 Å². The summed E-state index contributed by atoms with van der Waals surface area (Å²) >= 11 is 0. The Morgan fingerprint density at radius 1 is 0.957 bits per heavy atom. The molecule has 4 N–H and O–H groups in total. The Morgan fingerprint density at radius 2 is 1.74 bits per heavy atom. The largest absolute Gasteiger partial charge is 0.481 e. The highest BCUT2D eigenvalue weighted by Gasteiger charge is 2.41. The SMILES string of the molecule is O=C(O)[C@H]1C[C@H](O)CN([C@H]2CC[C@H]3CN[C@H](C(=O)O)C[C@H]3C2)C1. The summed E-state index contributed by atoms with van der Waals surface area (Å²) in [6, 6.07) is -0.200. The van der Waals surface area contributed by atoms with Crippen LogP contribution in [-0.2, 0) is 9.59 Å². The van der Waals surface area contributed by atoms with Crippen LogP contribution < -0.4 is 5.32 Å². The number of carboxylic acids is 2. The number of aliphatic hydroxyl groups is 1. The number of carboxylic acid groups (broad SMARTS) is 2. The molecule has 0 radical (unpaired) electrons. The average molecular weight is 326 g/mol. The zero-order valence-electron chi connectivity index (χ0n) is 13.2. The maximum Gasteiger partial charge on any atom is 0.320 e. The van der Waals surface area contributed by atoms with Gasteiger partial charge in [-0.15, -0.1) is 0 Å². The molecular weight excluding hydrogens is 300 g/mol. The Morgan fingerprint density at radius 3 is 2.43 bits per heavy atom. The number of piperidine rings is 2. The van der Waals surface area contributed by atoms with Crippen LogP contribution in [0.2, 0.25) is 0 Å². The number of nitrogens with one attached hydrogen (secondary N) is 1. The second-order valence-electron chi connectivity index (χ2n) is 7.40. The molecule has 0 amide bonds. The standard InChI is InChI=1S/C16H26N2O5/c19-13-4-11(15(20)21)7-18(8-13)12-2-1-9-6-17-14(16(22)23)5-10(9)3-12/h9-14,17,19H,1-8H2,(H,20,21)(H,22,23)/t9-,10+,11-,12-,13-,14-/m0/s1. The van der Waals surface area contributed by atoms with Crippen molar-refractivity contribution < 1.29 is 24.9 Å². The molecule has 3 rings (SSSR count). The molecule has 0 aromatic rings. The molecule has 23 heavy (non-hydrogen) atoms. The van der Waals surface area contributed by atoms with Crippen LogP contribution in [0.4, 0.5) is 0 Å². The van der Waals surface area contributed by atoms with Gasteiger partial charge in [0.05, 0.1) is 12.0 Å². The number of fused-ring (bicyclic) bond motifs is 1. The third kappa shape index (κ3) is 3.67. The molecule has 2 aliphatic heterocycles. The summed E-state index contributed by atoms with van der Waals surface area (Å²) in [5.41, 5.74) is 0. The van der Waals surface area contributed by atoms with Gasteiger partial charge in [-0.25, -0.2) is 0 Å². The molecule has 7 heteroatoms. The maximum atomic E-state index is 11.3. The fourth-order valence-corrected chi connectivity index (χ4v) is 4.64. The van der Waals surface area contributed by atoms with Crippen molar-refractivity contribution in [3.05, 3.63) is 0 Å². The minimum Gasteiger partial charge on any atom is -0.481 e. The van der Waals surface area contributed by atoms with Crippen molar-refractivity contribution in [2.45, 2.75) is 50.3 Å². The minimum atomic E-state index is -0.838. The number of aliphatic carboxylic acids is 2. The van der Waals surface area contributed by atoms with Crippen LogP contribution in [0.25, 0.3) is 0 Å². The van der Waals surface area contributed by atoms with Crippen molar-refractivity contribution in [1.29, 1.82) is 0 Å². The predicted molar refractivity (Wildman–Crippen MR) is 82.0 cm³/mol. The van der Waals surface area contributed by atoms with E-state index in [2.05, 4.69) is 10.2 Å². The molecule has 0 unspecified atom stereocenters. The van der Waals surface area contributed by atoms with Crippen LogP contribution in [0.5, 0.6) is 0 Å². The smallest absolute Gasteiger partial charge is 0.320 e. The van der Waals surface area contributed by atoms with E-state index in [1.54, 1.807) is 0 Å². The van der Waals surface area contributed by atoms with Crippen molar-refractivity contribution in [3.8, 4) is 0 Å². The van der Waals surface area contributed by atoms with Gasteiger partial charge in [0.2, 0.25) is 0 Å². The Kier molecular flexibility index (Phi) is 4.89. The molecule has 6 atom stereocenters. The molecule has 2 saturated heterocycles. The molecule has 3 aliphatic rings. The van der Waals surface area contributed by atoms with E-state index in [4.69, 9.17) is 0 Å². The van der Waals surface area contributed by atoms with Crippen molar-refractivity contribution in [1.82, 2.24) is 10.2 Å². The molecule has 1 aliphatic carbocycles. The predicted octanol–water partition coefficient (Wildman–Crippen LogP) is -0.0148. The number of hydrogen-bond acceptors (Lipinski definition) is 5. The second kappa shape index (κ2) is 6.75. The van der Waals surface area contributed by atoms with Gasteiger partial charge in [-0.3, -0.25) is 14.5 Å². The van der Waals surface area contributed by atoms with Gasteiger partial charge < -0.3 is 20.6 Å². The fourth-order valence-electron chi connectivity index (χ4n) is 4.64. The number of carbonyl (C=O) groups is 2. The first-order chi connectivity index (χ1) is 10.9. The van der Waals surface area contributed by atoms with E-state index in [-0.39, 0.29) is 6.04 Å². The molecular formula is C16H26N2O5. The summed E-state index contributed by atoms with van der Waals surface area (Å²) in [7, 11) is 0. The lowest BCUT2D eigenvalue weighted by atomic mass is 9.71. The number of aliphatic hydroxyl groups excluding tert-OH is 1. The summed E-state index contributed by atoms with van der Waals surface area (Å²) in [6.45, 7) is 1.79. The summed E-state index contributed by atoms with van der Waals surface area (Å²) in [5, 5.41) is 31.5. The molecule has 7 nitrogen and oxygen atoms in total. The molecule has 0 aromatic carbocycles. The van der Waals surface area contributed by atoms with E-state index in [1.165, 1.54) is 0 Å². The Labute approximate surface area is 135 Å². The fraction of sp³-hybridized carbons (Fsp3) is 0.875. The molecule has 0 aromatic heterocycles. The molecule has 0 bridgehead atoms. The topological polar surface area (TPSA) is 110 Å². The lowest BCUT2D eigenvalue weighted by Crippen LogP contribution is -2.55. The minimum absolute atomic E-state index is 0.264. The number of rotatable bonds is 3. The van der Waals surface area contributed by atoms with Crippen LogP contribution in [0.15, 0.2) is 0 Å². The van der Waals surface area contributed by atoms with E-state index in [0.29, 0.717) is 37.8 Å². The van der Waals surface area contributed by atoms with E-state index in [9.17, 15) is 24.9 Å². The van der Waals surface area contributed by atoms with E-state index in [0.717, 1.165) is 25.8 Å².